The highest BCUT2D eigenvalue weighted by Gasteiger charge is 2.40. The third-order valence-corrected chi connectivity index (χ3v) is 6.64. The molecule has 1 aliphatic heterocycles. The Labute approximate surface area is 130 Å². The lowest BCUT2D eigenvalue weighted by Crippen LogP contribution is -2.37. The van der Waals surface area contributed by atoms with E-state index in [0.29, 0.717) is 44.7 Å². The maximum absolute atomic E-state index is 14.4. The van der Waals surface area contributed by atoms with Gasteiger partial charge < -0.3 is 4.90 Å². The van der Waals surface area contributed by atoms with E-state index in [4.69, 9.17) is 0 Å². The van der Waals surface area contributed by atoms with E-state index in [1.165, 1.54) is 6.33 Å². The summed E-state index contributed by atoms with van der Waals surface area (Å²) in [6, 6.07) is 0. The van der Waals surface area contributed by atoms with E-state index in [1.54, 1.807) is 4.31 Å². The molecule has 3 rings (SSSR count). The van der Waals surface area contributed by atoms with Crippen LogP contribution < -0.4 is 4.90 Å². The SMILES string of the molecule is CCc1ncnc(N2CCCN(S(=O)(=O)C3CC3)CC2)c1F. The summed E-state index contributed by atoms with van der Waals surface area (Å²) in [6.45, 7) is 3.81. The molecule has 2 aliphatic rings. The van der Waals surface area contributed by atoms with Gasteiger partial charge in [0.25, 0.3) is 0 Å². The van der Waals surface area contributed by atoms with Gasteiger partial charge in [-0.1, -0.05) is 6.92 Å². The largest absolute Gasteiger partial charge is 0.353 e. The van der Waals surface area contributed by atoms with E-state index in [0.717, 1.165) is 12.8 Å². The Kier molecular flexibility index (Phi) is 4.31. The smallest absolute Gasteiger partial charge is 0.217 e. The number of hydrogen-bond donors (Lipinski definition) is 0. The second kappa shape index (κ2) is 6.08. The minimum absolute atomic E-state index is 0.193. The highest BCUT2D eigenvalue weighted by Crippen LogP contribution is 2.31. The molecular weight excluding hydrogens is 307 g/mol. The number of sulfonamides is 1. The normalized spacial score (nSPS) is 20.9. The molecule has 0 radical (unpaired) electrons. The van der Waals surface area contributed by atoms with Crippen molar-refractivity contribution in [2.75, 3.05) is 31.1 Å². The summed E-state index contributed by atoms with van der Waals surface area (Å²) < 4.78 is 40.6. The Balaban J connectivity index is 1.76. The van der Waals surface area contributed by atoms with Crippen LogP contribution in [0.3, 0.4) is 0 Å². The standard InChI is InChI=1S/C14H21FN4O2S/c1-2-12-13(15)14(17-10-16-12)18-6-3-7-19(9-8-18)22(20,21)11-4-5-11/h10-11H,2-9H2,1H3. The summed E-state index contributed by atoms with van der Waals surface area (Å²) in [4.78, 5) is 9.83. The van der Waals surface area contributed by atoms with Crippen LogP contribution >= 0.6 is 0 Å². The molecule has 0 aromatic carbocycles. The molecule has 6 nitrogen and oxygen atoms in total. The fraction of sp³-hybridized carbons (Fsp3) is 0.714. The lowest BCUT2D eigenvalue weighted by Gasteiger charge is -2.23. The highest BCUT2D eigenvalue weighted by molar-refractivity contribution is 7.90. The molecule has 8 heteroatoms. The van der Waals surface area contributed by atoms with Gasteiger partial charge in [-0.25, -0.2) is 22.8 Å². The van der Waals surface area contributed by atoms with Crippen molar-refractivity contribution < 1.29 is 12.8 Å². The van der Waals surface area contributed by atoms with E-state index < -0.39 is 10.0 Å². The average Bonchev–Trinajstić information content (AvgIpc) is 3.34. The zero-order valence-corrected chi connectivity index (χ0v) is 13.5. The van der Waals surface area contributed by atoms with Crippen molar-refractivity contribution in [1.82, 2.24) is 14.3 Å². The van der Waals surface area contributed by atoms with Gasteiger partial charge in [0.15, 0.2) is 11.6 Å². The molecular formula is C14H21FN4O2S. The number of nitrogens with zero attached hydrogens (tertiary/aromatic N) is 4. The van der Waals surface area contributed by atoms with Crippen molar-refractivity contribution in [2.45, 2.75) is 37.9 Å². The van der Waals surface area contributed by atoms with Crippen LogP contribution in [-0.2, 0) is 16.4 Å². The molecule has 0 N–H and O–H groups in total. The molecule has 2 heterocycles. The lowest BCUT2D eigenvalue weighted by molar-refractivity contribution is 0.432. The number of anilines is 1. The zero-order chi connectivity index (χ0) is 15.7. The number of halogens is 1. The minimum atomic E-state index is -3.16. The van der Waals surface area contributed by atoms with E-state index in [9.17, 15) is 12.8 Å². The summed E-state index contributed by atoms with van der Waals surface area (Å²) in [5.41, 5.74) is 0.400. The maximum atomic E-state index is 14.4. The predicted octanol–water partition coefficient (Wildman–Crippen LogP) is 1.18. The van der Waals surface area contributed by atoms with E-state index in [-0.39, 0.29) is 16.9 Å². The van der Waals surface area contributed by atoms with E-state index >= 15 is 0 Å². The Bertz CT molecular complexity index is 648. The van der Waals surface area contributed by atoms with Gasteiger partial charge in [0.1, 0.15) is 6.33 Å². The van der Waals surface area contributed by atoms with Crippen molar-refractivity contribution in [2.24, 2.45) is 0 Å². The molecule has 122 valence electrons. The maximum Gasteiger partial charge on any atom is 0.217 e. The molecule has 22 heavy (non-hydrogen) atoms. The van der Waals surface area contributed by atoms with Crippen LogP contribution in [0.1, 0.15) is 31.9 Å². The lowest BCUT2D eigenvalue weighted by atomic mass is 10.3. The molecule has 1 saturated carbocycles. The summed E-state index contributed by atoms with van der Waals surface area (Å²) in [6.07, 6.45) is 4.10. The highest BCUT2D eigenvalue weighted by atomic mass is 32.2. The third kappa shape index (κ3) is 2.94. The van der Waals surface area contributed by atoms with Gasteiger partial charge in [0, 0.05) is 26.2 Å². The number of aromatic nitrogens is 2. The molecule has 0 amide bonds. The molecule has 1 aliphatic carbocycles. The van der Waals surface area contributed by atoms with Gasteiger partial charge in [0.2, 0.25) is 10.0 Å². The molecule has 1 aromatic rings. The molecule has 0 unspecified atom stereocenters. The van der Waals surface area contributed by atoms with Crippen LogP contribution in [0.15, 0.2) is 6.33 Å². The summed E-state index contributed by atoms with van der Waals surface area (Å²) in [7, 11) is -3.16. The van der Waals surface area contributed by atoms with Gasteiger partial charge in [-0.2, -0.15) is 4.31 Å². The first-order valence-electron chi connectivity index (χ1n) is 7.77. The summed E-state index contributed by atoms with van der Waals surface area (Å²) in [5.74, 6) is -0.0963. The number of rotatable bonds is 4. The first kappa shape index (κ1) is 15.6. The molecule has 2 fully saturated rings. The first-order chi connectivity index (χ1) is 10.5. The van der Waals surface area contributed by atoms with Crippen LogP contribution in [0.2, 0.25) is 0 Å². The van der Waals surface area contributed by atoms with Gasteiger partial charge in [0.05, 0.1) is 10.9 Å². The summed E-state index contributed by atoms with van der Waals surface area (Å²) >= 11 is 0. The fourth-order valence-corrected chi connectivity index (χ4v) is 4.67. The zero-order valence-electron chi connectivity index (χ0n) is 12.7. The van der Waals surface area contributed by atoms with Crippen LogP contribution in [0, 0.1) is 5.82 Å². The van der Waals surface area contributed by atoms with Crippen molar-refractivity contribution in [3.05, 3.63) is 17.8 Å². The second-order valence-corrected chi connectivity index (χ2v) is 8.01. The third-order valence-electron chi connectivity index (χ3n) is 4.24. The molecule has 0 bridgehead atoms. The minimum Gasteiger partial charge on any atom is -0.353 e. The Morgan fingerprint density at radius 3 is 2.68 bits per heavy atom. The van der Waals surface area contributed by atoms with Gasteiger partial charge in [-0.3, -0.25) is 0 Å². The van der Waals surface area contributed by atoms with Crippen molar-refractivity contribution in [3.63, 3.8) is 0 Å². The van der Waals surface area contributed by atoms with Crippen LogP contribution in [0.4, 0.5) is 10.2 Å². The topological polar surface area (TPSA) is 66.4 Å². The van der Waals surface area contributed by atoms with Crippen molar-refractivity contribution in [3.8, 4) is 0 Å². The van der Waals surface area contributed by atoms with Crippen LogP contribution in [0.25, 0.3) is 0 Å². The van der Waals surface area contributed by atoms with Crippen molar-refractivity contribution >= 4 is 15.8 Å². The van der Waals surface area contributed by atoms with Gasteiger partial charge in [-0.15, -0.1) is 0 Å². The summed E-state index contributed by atoms with van der Waals surface area (Å²) in [5, 5.41) is -0.193. The van der Waals surface area contributed by atoms with Crippen LogP contribution in [-0.4, -0.2) is 54.1 Å². The van der Waals surface area contributed by atoms with Gasteiger partial charge >= 0.3 is 0 Å². The van der Waals surface area contributed by atoms with Crippen LogP contribution in [0.5, 0.6) is 0 Å². The Morgan fingerprint density at radius 1 is 1.23 bits per heavy atom. The predicted molar refractivity (Wildman–Crippen MR) is 81.7 cm³/mol. The average molecular weight is 328 g/mol. The Morgan fingerprint density at radius 2 is 2.00 bits per heavy atom. The van der Waals surface area contributed by atoms with E-state index in [2.05, 4.69) is 9.97 Å². The van der Waals surface area contributed by atoms with Gasteiger partial charge in [-0.05, 0) is 25.7 Å². The van der Waals surface area contributed by atoms with E-state index in [1.807, 2.05) is 11.8 Å². The quantitative estimate of drug-likeness (QED) is 0.830. The Hall–Kier alpha value is -1.28. The molecule has 0 atom stereocenters. The van der Waals surface area contributed by atoms with Crippen molar-refractivity contribution in [1.29, 1.82) is 0 Å². The monoisotopic (exact) mass is 328 g/mol. The second-order valence-electron chi connectivity index (χ2n) is 5.80. The molecule has 1 aromatic heterocycles. The first-order valence-corrected chi connectivity index (χ1v) is 9.27. The fourth-order valence-electron chi connectivity index (χ4n) is 2.80. The molecule has 0 spiro atoms. The number of hydrogen-bond acceptors (Lipinski definition) is 5. The molecule has 1 saturated heterocycles. The number of aryl methyl sites for hydroxylation is 1.